The molecule has 1 spiro atoms. The number of carboxylic acid groups (broad SMARTS) is 1. The van der Waals surface area contributed by atoms with E-state index in [1.165, 1.54) is 0 Å². The summed E-state index contributed by atoms with van der Waals surface area (Å²) in [6.07, 6.45) is -0.0226. The Morgan fingerprint density at radius 2 is 1.56 bits per heavy atom. The number of ether oxygens (including phenoxy) is 2. The van der Waals surface area contributed by atoms with Crippen LogP contribution in [0.15, 0.2) is 48.5 Å². The first-order valence-corrected chi connectivity index (χ1v) is 12.4. The summed E-state index contributed by atoms with van der Waals surface area (Å²) in [5.41, 5.74) is 3.26. The largest absolute Gasteiger partial charge is 0.481 e. The molecule has 0 radical (unpaired) electrons. The fourth-order valence-corrected chi connectivity index (χ4v) is 5.67. The highest BCUT2D eigenvalue weighted by Gasteiger charge is 2.55. The molecule has 2 saturated heterocycles. The highest BCUT2D eigenvalue weighted by atomic mass is 16.6. The van der Waals surface area contributed by atoms with E-state index in [4.69, 9.17) is 9.47 Å². The fraction of sp³-hybridized carbons (Fsp3) is 0.464. The van der Waals surface area contributed by atoms with Crippen molar-refractivity contribution in [3.8, 4) is 11.1 Å². The number of carbonyl (C=O) groups is 3. The van der Waals surface area contributed by atoms with Crippen LogP contribution in [0.25, 0.3) is 11.1 Å². The first-order chi connectivity index (χ1) is 17.1. The second-order valence-electron chi connectivity index (χ2n) is 11.0. The van der Waals surface area contributed by atoms with Crippen molar-refractivity contribution in [1.82, 2.24) is 9.80 Å². The van der Waals surface area contributed by atoms with E-state index in [-0.39, 0.29) is 19.1 Å². The molecule has 0 bridgehead atoms. The number of rotatable bonds is 3. The zero-order valence-corrected chi connectivity index (χ0v) is 20.9. The van der Waals surface area contributed by atoms with Gasteiger partial charge in [0.15, 0.2) is 0 Å². The zero-order valence-electron chi connectivity index (χ0n) is 20.9. The average molecular weight is 493 g/mol. The highest BCUT2D eigenvalue weighted by molar-refractivity contribution is 5.79. The number of benzene rings is 2. The van der Waals surface area contributed by atoms with Crippen molar-refractivity contribution < 1.29 is 29.0 Å². The van der Waals surface area contributed by atoms with Crippen molar-refractivity contribution in [3.05, 3.63) is 59.7 Å². The number of hydrogen-bond acceptors (Lipinski definition) is 5. The Bertz CT molecular complexity index is 1150. The Morgan fingerprint density at radius 1 is 0.972 bits per heavy atom. The lowest BCUT2D eigenvalue weighted by atomic mass is 9.77. The van der Waals surface area contributed by atoms with Crippen LogP contribution in [-0.2, 0) is 14.3 Å². The molecule has 8 nitrogen and oxygen atoms in total. The summed E-state index contributed by atoms with van der Waals surface area (Å²) < 4.78 is 11.3. The molecule has 8 heteroatoms. The van der Waals surface area contributed by atoms with Gasteiger partial charge in [0.2, 0.25) is 0 Å². The molecule has 2 fully saturated rings. The number of likely N-dealkylation sites (tertiary alicyclic amines) is 2. The smallest absolute Gasteiger partial charge is 0.410 e. The van der Waals surface area contributed by atoms with Gasteiger partial charge >= 0.3 is 18.2 Å². The summed E-state index contributed by atoms with van der Waals surface area (Å²) >= 11 is 0. The van der Waals surface area contributed by atoms with Crippen molar-refractivity contribution in [2.75, 3.05) is 26.2 Å². The van der Waals surface area contributed by atoms with Crippen LogP contribution in [0.1, 0.15) is 50.7 Å². The van der Waals surface area contributed by atoms with E-state index in [9.17, 15) is 19.5 Å². The summed E-state index contributed by atoms with van der Waals surface area (Å²) in [7, 11) is 0. The summed E-state index contributed by atoms with van der Waals surface area (Å²) in [4.78, 5) is 40.8. The average Bonchev–Trinajstić information content (AvgIpc) is 3.13. The van der Waals surface area contributed by atoms with Crippen LogP contribution >= 0.6 is 0 Å². The first-order valence-electron chi connectivity index (χ1n) is 12.4. The third kappa shape index (κ3) is 4.29. The minimum absolute atomic E-state index is 0.0637. The molecular weight excluding hydrogens is 460 g/mol. The van der Waals surface area contributed by atoms with Crippen molar-refractivity contribution in [3.63, 3.8) is 0 Å². The standard InChI is InChI=1S/C28H32N2O6/c1-27(2,3)36-25(33)29-16-28(17-29)13-12-18(24(31)32)14-30(28)26(34)35-15-23-21-10-6-4-8-19(21)20-9-5-7-11-22(20)23/h4-11,18,23H,12-17H2,1-3H3,(H,31,32). The zero-order chi connectivity index (χ0) is 25.7. The fourth-order valence-electron chi connectivity index (χ4n) is 5.67. The molecule has 1 atom stereocenters. The topological polar surface area (TPSA) is 96.4 Å². The number of carboxylic acids is 1. The Morgan fingerprint density at radius 3 is 2.11 bits per heavy atom. The van der Waals surface area contributed by atoms with Gasteiger partial charge in [-0.05, 0) is 55.9 Å². The molecule has 36 heavy (non-hydrogen) atoms. The molecule has 190 valence electrons. The van der Waals surface area contributed by atoms with Gasteiger partial charge in [0.25, 0.3) is 0 Å². The van der Waals surface area contributed by atoms with Crippen LogP contribution in [-0.4, -0.2) is 70.4 Å². The molecule has 3 aliphatic rings. The summed E-state index contributed by atoms with van der Waals surface area (Å²) in [6, 6.07) is 16.2. The van der Waals surface area contributed by atoms with Gasteiger partial charge in [-0.3, -0.25) is 9.69 Å². The first kappa shape index (κ1) is 24.2. The molecule has 2 heterocycles. The molecular formula is C28H32N2O6. The van der Waals surface area contributed by atoms with Crippen molar-refractivity contribution in [2.24, 2.45) is 5.92 Å². The Kier molecular flexibility index (Phi) is 5.93. The van der Waals surface area contributed by atoms with Gasteiger partial charge in [0.1, 0.15) is 12.2 Å². The van der Waals surface area contributed by atoms with Crippen LogP contribution in [0.5, 0.6) is 0 Å². The lowest BCUT2D eigenvalue weighted by Gasteiger charge is -2.57. The summed E-state index contributed by atoms with van der Waals surface area (Å²) in [5.74, 6) is -1.67. The van der Waals surface area contributed by atoms with Crippen LogP contribution in [0.2, 0.25) is 0 Å². The third-order valence-electron chi connectivity index (χ3n) is 7.46. The lowest BCUT2D eigenvalue weighted by Crippen LogP contribution is -2.74. The van der Waals surface area contributed by atoms with E-state index in [1.807, 2.05) is 45.0 Å². The van der Waals surface area contributed by atoms with Crippen molar-refractivity contribution in [1.29, 1.82) is 0 Å². The van der Waals surface area contributed by atoms with Gasteiger partial charge < -0.3 is 19.5 Å². The molecule has 2 aromatic carbocycles. The molecule has 2 amide bonds. The number of piperidine rings is 1. The van der Waals surface area contributed by atoms with E-state index >= 15 is 0 Å². The lowest BCUT2D eigenvalue weighted by molar-refractivity contribution is -0.148. The van der Waals surface area contributed by atoms with E-state index < -0.39 is 35.2 Å². The maximum Gasteiger partial charge on any atom is 0.410 e. The molecule has 0 saturated carbocycles. The SMILES string of the molecule is CC(C)(C)OC(=O)N1CC2(CCC(C(=O)O)CN2C(=O)OCC2c3ccccc3-c3ccccc32)C1. The molecule has 2 aromatic rings. The van der Waals surface area contributed by atoms with Gasteiger partial charge in [-0.2, -0.15) is 0 Å². The quantitative estimate of drug-likeness (QED) is 0.666. The number of hydrogen-bond donors (Lipinski definition) is 1. The molecule has 0 aromatic heterocycles. The second-order valence-corrected chi connectivity index (χ2v) is 11.0. The Hall–Kier alpha value is -3.55. The minimum atomic E-state index is -0.926. The molecule has 1 unspecified atom stereocenters. The van der Waals surface area contributed by atoms with Crippen LogP contribution < -0.4 is 0 Å². The Balaban J connectivity index is 1.32. The van der Waals surface area contributed by atoms with Crippen LogP contribution in [0.3, 0.4) is 0 Å². The normalized spacial score (nSPS) is 20.4. The molecule has 1 N–H and O–H groups in total. The predicted molar refractivity (Wildman–Crippen MR) is 133 cm³/mol. The molecule has 5 rings (SSSR count). The minimum Gasteiger partial charge on any atom is -0.481 e. The van der Waals surface area contributed by atoms with E-state index in [1.54, 1.807) is 9.80 Å². The van der Waals surface area contributed by atoms with Gasteiger partial charge in [-0.15, -0.1) is 0 Å². The highest BCUT2D eigenvalue weighted by Crippen LogP contribution is 2.45. The van der Waals surface area contributed by atoms with Crippen LogP contribution in [0, 0.1) is 5.92 Å². The van der Waals surface area contributed by atoms with Gasteiger partial charge in [0, 0.05) is 25.6 Å². The second kappa shape index (κ2) is 8.84. The van der Waals surface area contributed by atoms with E-state index in [2.05, 4.69) is 24.3 Å². The van der Waals surface area contributed by atoms with Crippen molar-refractivity contribution >= 4 is 18.2 Å². The summed E-state index contributed by atoms with van der Waals surface area (Å²) in [6.45, 7) is 6.25. The number of carbonyl (C=O) groups excluding carboxylic acids is 2. The Labute approximate surface area is 210 Å². The van der Waals surface area contributed by atoms with E-state index in [0.29, 0.717) is 25.9 Å². The van der Waals surface area contributed by atoms with Gasteiger partial charge in [-0.1, -0.05) is 48.5 Å². The van der Waals surface area contributed by atoms with Gasteiger partial charge in [-0.25, -0.2) is 9.59 Å². The molecule has 2 aliphatic heterocycles. The third-order valence-corrected chi connectivity index (χ3v) is 7.46. The van der Waals surface area contributed by atoms with Crippen LogP contribution in [0.4, 0.5) is 9.59 Å². The summed E-state index contributed by atoms with van der Waals surface area (Å²) in [5, 5.41) is 9.62. The number of aliphatic carboxylic acids is 1. The molecule has 1 aliphatic carbocycles. The number of fused-ring (bicyclic) bond motifs is 3. The van der Waals surface area contributed by atoms with E-state index in [0.717, 1.165) is 22.3 Å². The maximum absolute atomic E-state index is 13.4. The predicted octanol–water partition coefficient (Wildman–Crippen LogP) is 4.72. The number of amides is 2. The van der Waals surface area contributed by atoms with Gasteiger partial charge in [0.05, 0.1) is 11.5 Å². The monoisotopic (exact) mass is 492 g/mol. The van der Waals surface area contributed by atoms with Crippen molar-refractivity contribution in [2.45, 2.75) is 50.7 Å². The number of nitrogens with zero attached hydrogens (tertiary/aromatic N) is 2. The maximum atomic E-state index is 13.4.